The quantitative estimate of drug-likeness (QED) is 0.107. The van der Waals surface area contributed by atoms with Gasteiger partial charge in [0.2, 0.25) is 0 Å². The van der Waals surface area contributed by atoms with E-state index in [0.717, 1.165) is 93.3 Å². The lowest BCUT2D eigenvalue weighted by molar-refractivity contribution is 0.601. The predicted molar refractivity (Wildman–Crippen MR) is 285 cm³/mol. The molecule has 0 aliphatic heterocycles. The van der Waals surface area contributed by atoms with Gasteiger partial charge in [-0.2, -0.15) is 10.2 Å². The summed E-state index contributed by atoms with van der Waals surface area (Å²) < 4.78 is 9.54. The average Bonchev–Trinajstić information content (AvgIpc) is 3.89. The lowest BCUT2D eigenvalue weighted by Crippen LogP contribution is -2.25. The van der Waals surface area contributed by atoms with Crippen molar-refractivity contribution in [2.24, 2.45) is 14.1 Å². The molecular weight excluding hydrogens is 1070 g/mol. The normalized spacial score (nSPS) is 13.3. The van der Waals surface area contributed by atoms with E-state index < -0.39 is 0 Å². The standard InChI is InChI=1S/C27H22ClIN4O.C24H24IN5O.CH4/c1-17(13-23-22(29)11-12-25(28)31-23)24-14-18-7-6-10-21(19-15-30-32(2)16-19)26(18)27(34)33(24)20-8-4-3-5-9-20;1-14(10-20-19(25)8-9-22(26)28-20)21-11-15-4-3-5-18(16-12-27-29(2)13-16)23(15)24(31)30(21)17-6-7-17;/h3-12,14-17H,13H2,1-2H3;3-5,8-9,11-14,17H,6-7,10H2,1-2H3,(H2,26,28);1H4/t17-;14-;/m11./s1. The highest BCUT2D eigenvalue weighted by molar-refractivity contribution is 14.1. The molecule has 66 heavy (non-hydrogen) atoms. The van der Waals surface area contributed by atoms with Crippen LogP contribution in [-0.2, 0) is 26.9 Å². The number of nitrogen functional groups attached to an aromatic ring is 1. The Bertz CT molecular complexity index is 3360. The van der Waals surface area contributed by atoms with Gasteiger partial charge in [0, 0.05) is 79.7 Å². The highest BCUT2D eigenvalue weighted by atomic mass is 127. The molecule has 0 spiro atoms. The Hall–Kier alpha value is -5.65. The maximum Gasteiger partial charge on any atom is 0.263 e. The highest BCUT2D eigenvalue weighted by Crippen LogP contribution is 2.39. The molecule has 2 N–H and O–H groups in total. The first kappa shape index (κ1) is 46.9. The number of fused-ring (bicyclic) bond motifs is 2. The minimum atomic E-state index is -0.0428. The van der Waals surface area contributed by atoms with Crippen molar-refractivity contribution in [2.45, 2.75) is 64.8 Å². The van der Waals surface area contributed by atoms with Crippen LogP contribution in [0.4, 0.5) is 5.82 Å². The zero-order valence-electron chi connectivity index (χ0n) is 36.3. The van der Waals surface area contributed by atoms with Gasteiger partial charge in [-0.15, -0.1) is 0 Å². The summed E-state index contributed by atoms with van der Waals surface area (Å²) in [7, 11) is 3.77. The van der Waals surface area contributed by atoms with Gasteiger partial charge >= 0.3 is 0 Å². The van der Waals surface area contributed by atoms with Crippen molar-refractivity contribution in [3.63, 3.8) is 0 Å². The van der Waals surface area contributed by atoms with E-state index >= 15 is 0 Å². The fourth-order valence-corrected chi connectivity index (χ4v) is 9.92. The van der Waals surface area contributed by atoms with Gasteiger partial charge in [-0.3, -0.25) is 23.5 Å². The third-order valence-corrected chi connectivity index (χ3v) is 14.2. The van der Waals surface area contributed by atoms with E-state index in [2.05, 4.69) is 91.3 Å². The van der Waals surface area contributed by atoms with Crippen molar-refractivity contribution in [3.8, 4) is 27.9 Å². The van der Waals surface area contributed by atoms with Crippen LogP contribution in [0.3, 0.4) is 0 Å². The number of para-hydroxylation sites is 1. The molecule has 1 saturated carbocycles. The molecule has 0 saturated heterocycles. The number of aromatic nitrogens is 8. The Kier molecular flexibility index (Phi) is 14.0. The first-order valence-corrected chi connectivity index (χ1v) is 24.0. The van der Waals surface area contributed by atoms with E-state index in [4.69, 9.17) is 17.3 Å². The lowest BCUT2D eigenvalue weighted by Gasteiger charge is -2.21. The van der Waals surface area contributed by atoms with Crippen LogP contribution in [0.15, 0.2) is 138 Å². The van der Waals surface area contributed by atoms with Gasteiger partial charge in [-0.25, -0.2) is 9.97 Å². The van der Waals surface area contributed by atoms with Crippen molar-refractivity contribution in [1.82, 2.24) is 38.7 Å². The van der Waals surface area contributed by atoms with E-state index in [1.165, 1.54) is 0 Å². The Balaban J connectivity index is 0.000000177. The number of anilines is 1. The summed E-state index contributed by atoms with van der Waals surface area (Å²) in [4.78, 5) is 37.0. The zero-order valence-corrected chi connectivity index (χ0v) is 41.4. The molecule has 336 valence electrons. The van der Waals surface area contributed by atoms with Crippen molar-refractivity contribution in [1.29, 1.82) is 0 Å². The lowest BCUT2D eigenvalue weighted by atomic mass is 9.95. The third kappa shape index (κ3) is 9.61. The number of nitrogens with two attached hydrogens (primary N) is 1. The van der Waals surface area contributed by atoms with E-state index in [-0.39, 0.29) is 36.4 Å². The monoisotopic (exact) mass is 1120 g/mol. The molecule has 0 radical (unpaired) electrons. The molecule has 1 aliphatic rings. The van der Waals surface area contributed by atoms with Crippen molar-refractivity contribution < 1.29 is 0 Å². The molecule has 0 bridgehead atoms. The fourth-order valence-electron chi connectivity index (χ4n) is 8.71. The van der Waals surface area contributed by atoms with Gasteiger partial charge in [0.15, 0.2) is 0 Å². The minimum absolute atomic E-state index is 0. The SMILES string of the molecule is C.C[C@H](Cc1nc(Cl)ccc1I)c1cc2cccc(-c3cnn(C)c3)c2c(=O)n1-c1ccccc1.C[C@H](Cc1nc(N)ccc1I)c1cc2cccc(-c3cnn(C)c3)c2c(=O)n1C1CC1. The van der Waals surface area contributed by atoms with Gasteiger partial charge in [-0.1, -0.05) is 87.5 Å². The van der Waals surface area contributed by atoms with Crippen molar-refractivity contribution >= 4 is 84.1 Å². The van der Waals surface area contributed by atoms with Gasteiger partial charge in [-0.05, 0) is 141 Å². The van der Waals surface area contributed by atoms with Crippen LogP contribution in [-0.4, -0.2) is 38.7 Å². The maximum atomic E-state index is 14.1. The van der Waals surface area contributed by atoms with Crippen LogP contribution < -0.4 is 16.9 Å². The number of pyridine rings is 4. The molecule has 0 unspecified atom stereocenters. The Labute approximate surface area is 416 Å². The second-order valence-electron chi connectivity index (χ2n) is 16.8. The largest absolute Gasteiger partial charge is 0.384 e. The second kappa shape index (κ2) is 19.7. The number of hydrogen-bond acceptors (Lipinski definition) is 7. The Morgan fingerprint density at radius 1 is 0.682 bits per heavy atom. The summed E-state index contributed by atoms with van der Waals surface area (Å²) in [5, 5.41) is 12.4. The van der Waals surface area contributed by atoms with Gasteiger partial charge < -0.3 is 10.3 Å². The topological polar surface area (TPSA) is 131 Å². The molecule has 6 heterocycles. The van der Waals surface area contributed by atoms with Crippen LogP contribution in [0.25, 0.3) is 49.5 Å². The number of halogens is 3. The van der Waals surface area contributed by atoms with Gasteiger partial charge in [0.1, 0.15) is 11.0 Å². The first-order chi connectivity index (χ1) is 31.3. The molecule has 10 rings (SSSR count). The molecule has 1 aliphatic carbocycles. The number of nitrogens with zero attached hydrogens (tertiary/aromatic N) is 8. The smallest absolute Gasteiger partial charge is 0.263 e. The first-order valence-electron chi connectivity index (χ1n) is 21.5. The van der Waals surface area contributed by atoms with Crippen LogP contribution in [0, 0.1) is 7.14 Å². The van der Waals surface area contributed by atoms with Crippen LogP contribution >= 0.6 is 56.8 Å². The van der Waals surface area contributed by atoms with E-state index in [1.807, 2.05) is 127 Å². The summed E-state index contributed by atoms with van der Waals surface area (Å²) in [6, 6.07) is 34.1. The molecular formula is C52H50ClI2N9O2. The molecule has 1 fully saturated rings. The zero-order chi connectivity index (χ0) is 45.5. The summed E-state index contributed by atoms with van der Waals surface area (Å²) in [5.74, 6) is 0.697. The summed E-state index contributed by atoms with van der Waals surface area (Å²) in [5.41, 5.74) is 14.4. The molecule has 11 nitrogen and oxygen atoms in total. The molecule has 3 aromatic carbocycles. The summed E-state index contributed by atoms with van der Waals surface area (Å²) in [6.45, 7) is 4.30. The number of rotatable bonds is 10. The minimum Gasteiger partial charge on any atom is -0.384 e. The number of hydrogen-bond donors (Lipinski definition) is 1. The van der Waals surface area contributed by atoms with E-state index in [1.54, 1.807) is 21.6 Å². The van der Waals surface area contributed by atoms with Crippen LogP contribution in [0.5, 0.6) is 0 Å². The molecule has 9 aromatic rings. The maximum absolute atomic E-state index is 14.1. The van der Waals surface area contributed by atoms with Crippen LogP contribution in [0.2, 0.25) is 5.15 Å². The van der Waals surface area contributed by atoms with Crippen molar-refractivity contribution in [3.05, 3.63) is 184 Å². The van der Waals surface area contributed by atoms with E-state index in [9.17, 15) is 9.59 Å². The molecule has 6 aromatic heterocycles. The van der Waals surface area contributed by atoms with E-state index in [0.29, 0.717) is 22.8 Å². The van der Waals surface area contributed by atoms with Gasteiger partial charge in [0.05, 0.1) is 34.6 Å². The number of aryl methyl sites for hydroxylation is 2. The Morgan fingerprint density at radius 2 is 1.21 bits per heavy atom. The fraction of sp³-hybridized carbons (Fsp3) is 0.231. The highest BCUT2D eigenvalue weighted by Gasteiger charge is 2.30. The second-order valence-corrected chi connectivity index (χ2v) is 19.5. The average molecular weight is 1120 g/mol. The Morgan fingerprint density at radius 3 is 1.77 bits per heavy atom. The van der Waals surface area contributed by atoms with Gasteiger partial charge in [0.25, 0.3) is 11.1 Å². The third-order valence-electron chi connectivity index (χ3n) is 12.0. The predicted octanol–water partition coefficient (Wildman–Crippen LogP) is 11.7. The molecule has 14 heteroatoms. The van der Waals surface area contributed by atoms with Crippen LogP contribution in [0.1, 0.15) is 74.8 Å². The number of benzene rings is 3. The van der Waals surface area contributed by atoms with Crippen molar-refractivity contribution in [2.75, 3.05) is 5.73 Å². The molecule has 0 amide bonds. The summed E-state index contributed by atoms with van der Waals surface area (Å²) >= 11 is 10.8. The summed E-state index contributed by atoms with van der Waals surface area (Å²) in [6.07, 6.45) is 11.0. The molecule has 2 atom stereocenters.